The molecule has 3 rings (SSSR count). The van der Waals surface area contributed by atoms with Gasteiger partial charge in [0.2, 0.25) is 0 Å². The van der Waals surface area contributed by atoms with Gasteiger partial charge in [0.05, 0.1) is 11.0 Å². The lowest BCUT2D eigenvalue weighted by atomic mass is 10.1. The summed E-state index contributed by atoms with van der Waals surface area (Å²) in [6.45, 7) is 7.74. The van der Waals surface area contributed by atoms with Gasteiger partial charge >= 0.3 is 5.69 Å². The number of carbonyl (C=O) groups is 1. The maximum absolute atomic E-state index is 12.6. The number of carbonyl (C=O) groups excluding carboxylic acids is 1. The molecule has 6 nitrogen and oxygen atoms in total. The number of ether oxygens (including phenoxy) is 1. The molecule has 1 amide bonds. The van der Waals surface area contributed by atoms with Crippen LogP contribution in [0.3, 0.4) is 0 Å². The Bertz CT molecular complexity index is 1090. The number of anilines is 1. The third-order valence-electron chi connectivity index (χ3n) is 4.98. The molecule has 1 N–H and O–H groups in total. The van der Waals surface area contributed by atoms with Crippen LogP contribution in [-0.4, -0.2) is 21.1 Å². The zero-order valence-corrected chi connectivity index (χ0v) is 16.6. The van der Waals surface area contributed by atoms with Crippen LogP contribution in [0, 0.1) is 20.8 Å². The first-order valence-corrected chi connectivity index (χ1v) is 8.90. The summed E-state index contributed by atoms with van der Waals surface area (Å²) >= 11 is 0. The summed E-state index contributed by atoms with van der Waals surface area (Å²) in [4.78, 5) is 24.6. The van der Waals surface area contributed by atoms with Crippen molar-refractivity contribution in [1.82, 2.24) is 9.13 Å². The Hall–Kier alpha value is -3.02. The molecule has 3 aromatic rings. The van der Waals surface area contributed by atoms with E-state index in [4.69, 9.17) is 4.74 Å². The van der Waals surface area contributed by atoms with Gasteiger partial charge in [0.15, 0.2) is 6.10 Å². The molecular weight excluding hydrogens is 342 g/mol. The van der Waals surface area contributed by atoms with Crippen LogP contribution in [0.2, 0.25) is 0 Å². The van der Waals surface area contributed by atoms with E-state index in [0.717, 1.165) is 33.5 Å². The third-order valence-corrected chi connectivity index (χ3v) is 4.98. The zero-order chi connectivity index (χ0) is 19.9. The Balaban J connectivity index is 1.80. The number of aryl methyl sites for hydroxylation is 4. The molecule has 0 fully saturated rings. The minimum atomic E-state index is -0.653. The fourth-order valence-corrected chi connectivity index (χ4v) is 3.20. The smallest absolute Gasteiger partial charge is 0.328 e. The molecule has 0 saturated heterocycles. The van der Waals surface area contributed by atoms with Crippen LogP contribution in [0.25, 0.3) is 11.0 Å². The summed E-state index contributed by atoms with van der Waals surface area (Å²) in [6.07, 6.45) is -0.653. The number of hydrogen-bond acceptors (Lipinski definition) is 3. The molecule has 2 aromatic carbocycles. The second-order valence-electron chi connectivity index (χ2n) is 7.06. The van der Waals surface area contributed by atoms with E-state index in [9.17, 15) is 9.59 Å². The molecule has 1 heterocycles. The summed E-state index contributed by atoms with van der Waals surface area (Å²) in [6, 6.07) is 9.44. The van der Waals surface area contributed by atoms with Crippen molar-refractivity contribution in [2.45, 2.75) is 33.8 Å². The van der Waals surface area contributed by atoms with Crippen molar-refractivity contribution in [2.75, 3.05) is 5.32 Å². The minimum Gasteiger partial charge on any atom is -0.481 e. The predicted molar refractivity (Wildman–Crippen MR) is 108 cm³/mol. The van der Waals surface area contributed by atoms with Crippen molar-refractivity contribution < 1.29 is 9.53 Å². The molecule has 0 bridgehead atoms. The quantitative estimate of drug-likeness (QED) is 0.770. The van der Waals surface area contributed by atoms with Crippen LogP contribution in [0.4, 0.5) is 5.69 Å². The van der Waals surface area contributed by atoms with E-state index in [-0.39, 0.29) is 11.6 Å². The highest BCUT2D eigenvalue weighted by atomic mass is 16.5. The lowest BCUT2D eigenvalue weighted by molar-refractivity contribution is -0.122. The minimum absolute atomic E-state index is 0.101. The van der Waals surface area contributed by atoms with Crippen LogP contribution in [0.15, 0.2) is 35.1 Å². The highest BCUT2D eigenvalue weighted by Gasteiger charge is 2.17. The van der Waals surface area contributed by atoms with Gasteiger partial charge < -0.3 is 10.1 Å². The van der Waals surface area contributed by atoms with Gasteiger partial charge in [0.1, 0.15) is 5.75 Å². The normalized spacial score (nSPS) is 12.2. The van der Waals surface area contributed by atoms with Gasteiger partial charge in [-0.15, -0.1) is 0 Å². The van der Waals surface area contributed by atoms with E-state index in [0.29, 0.717) is 5.69 Å². The molecule has 0 spiro atoms. The second-order valence-corrected chi connectivity index (χ2v) is 7.06. The van der Waals surface area contributed by atoms with E-state index in [1.807, 2.05) is 32.9 Å². The largest absolute Gasteiger partial charge is 0.481 e. The molecule has 0 aliphatic heterocycles. The summed E-state index contributed by atoms with van der Waals surface area (Å²) in [5.41, 5.74) is 5.36. The number of aromatic nitrogens is 2. The zero-order valence-electron chi connectivity index (χ0n) is 16.6. The van der Waals surface area contributed by atoms with Crippen LogP contribution < -0.4 is 15.7 Å². The number of nitrogens with zero attached hydrogens (tertiary/aromatic N) is 2. The van der Waals surface area contributed by atoms with Crippen molar-refractivity contribution in [1.29, 1.82) is 0 Å². The van der Waals surface area contributed by atoms with Crippen molar-refractivity contribution in [3.8, 4) is 5.75 Å². The van der Waals surface area contributed by atoms with Crippen molar-refractivity contribution in [3.05, 3.63) is 57.5 Å². The van der Waals surface area contributed by atoms with Gasteiger partial charge in [0, 0.05) is 19.8 Å². The molecule has 0 aliphatic rings. The Morgan fingerprint density at radius 2 is 1.70 bits per heavy atom. The van der Waals surface area contributed by atoms with Crippen molar-refractivity contribution >= 4 is 22.6 Å². The van der Waals surface area contributed by atoms with E-state index in [2.05, 4.69) is 11.4 Å². The summed E-state index contributed by atoms with van der Waals surface area (Å²) in [7, 11) is 3.44. The van der Waals surface area contributed by atoms with Crippen molar-refractivity contribution in [2.24, 2.45) is 14.1 Å². The van der Waals surface area contributed by atoms with Crippen LogP contribution >= 0.6 is 0 Å². The van der Waals surface area contributed by atoms with Crippen LogP contribution in [-0.2, 0) is 18.9 Å². The monoisotopic (exact) mass is 367 g/mol. The molecule has 27 heavy (non-hydrogen) atoms. The number of amides is 1. The van der Waals surface area contributed by atoms with Gasteiger partial charge in [-0.05, 0) is 68.7 Å². The van der Waals surface area contributed by atoms with Crippen LogP contribution in [0.5, 0.6) is 5.75 Å². The fourth-order valence-electron chi connectivity index (χ4n) is 3.20. The Morgan fingerprint density at radius 1 is 1.04 bits per heavy atom. The number of hydrogen-bond donors (Lipinski definition) is 1. The molecule has 0 saturated carbocycles. The number of fused-ring (bicyclic) bond motifs is 1. The van der Waals surface area contributed by atoms with E-state index in [1.165, 1.54) is 0 Å². The van der Waals surface area contributed by atoms with Gasteiger partial charge in [-0.1, -0.05) is 6.07 Å². The summed E-state index contributed by atoms with van der Waals surface area (Å²) in [5, 5.41) is 2.87. The number of imidazole rings is 1. The Labute approximate surface area is 158 Å². The van der Waals surface area contributed by atoms with Crippen LogP contribution in [0.1, 0.15) is 23.6 Å². The summed E-state index contributed by atoms with van der Waals surface area (Å²) in [5.74, 6) is 0.477. The first-order chi connectivity index (χ1) is 12.7. The molecule has 1 atom stereocenters. The topological polar surface area (TPSA) is 65.3 Å². The number of benzene rings is 2. The van der Waals surface area contributed by atoms with Crippen molar-refractivity contribution in [3.63, 3.8) is 0 Å². The lowest BCUT2D eigenvalue weighted by Crippen LogP contribution is -2.30. The van der Waals surface area contributed by atoms with E-state index < -0.39 is 6.10 Å². The second kappa shape index (κ2) is 6.95. The standard InChI is InChI=1S/C21H25N3O3/c1-12-9-13(2)14(3)19(10-12)27-15(4)20(25)22-16-7-8-17-18(11-16)24(6)21(26)23(17)5/h7-11,15H,1-6H3,(H,22,25). The number of nitrogens with one attached hydrogen (secondary N) is 1. The molecule has 6 heteroatoms. The van der Waals surface area contributed by atoms with Gasteiger partial charge in [-0.3, -0.25) is 13.9 Å². The average Bonchev–Trinajstić information content (AvgIpc) is 2.83. The first kappa shape index (κ1) is 18.8. The molecule has 0 aliphatic carbocycles. The summed E-state index contributed by atoms with van der Waals surface area (Å²) < 4.78 is 9.04. The lowest BCUT2D eigenvalue weighted by Gasteiger charge is -2.18. The SMILES string of the molecule is Cc1cc(C)c(C)c(OC(C)C(=O)Nc2ccc3c(c2)n(C)c(=O)n3C)c1. The predicted octanol–water partition coefficient (Wildman–Crippen LogP) is 3.21. The van der Waals surface area contributed by atoms with Gasteiger partial charge in [0.25, 0.3) is 5.91 Å². The Kier molecular flexibility index (Phi) is 4.83. The average molecular weight is 367 g/mol. The maximum Gasteiger partial charge on any atom is 0.328 e. The first-order valence-electron chi connectivity index (χ1n) is 8.90. The van der Waals surface area contributed by atoms with E-state index >= 15 is 0 Å². The molecular formula is C21H25N3O3. The fraction of sp³-hybridized carbons (Fsp3) is 0.333. The maximum atomic E-state index is 12.6. The molecule has 1 unspecified atom stereocenters. The highest BCUT2D eigenvalue weighted by Crippen LogP contribution is 2.25. The number of rotatable bonds is 4. The molecule has 1 aromatic heterocycles. The highest BCUT2D eigenvalue weighted by molar-refractivity contribution is 5.96. The van der Waals surface area contributed by atoms with E-state index in [1.54, 1.807) is 42.3 Å². The molecule has 0 radical (unpaired) electrons. The van der Waals surface area contributed by atoms with Gasteiger partial charge in [-0.2, -0.15) is 0 Å². The Morgan fingerprint density at radius 3 is 2.41 bits per heavy atom. The van der Waals surface area contributed by atoms with Gasteiger partial charge in [-0.25, -0.2) is 4.79 Å². The third kappa shape index (κ3) is 3.47. The molecule has 142 valence electrons.